The van der Waals surface area contributed by atoms with Gasteiger partial charge in [0.2, 0.25) is 0 Å². The van der Waals surface area contributed by atoms with Gasteiger partial charge in [-0.05, 0) is 55.4 Å². The van der Waals surface area contributed by atoms with Crippen LogP contribution in [0.4, 0.5) is 0 Å². The van der Waals surface area contributed by atoms with E-state index in [1.165, 1.54) is 0 Å². The highest BCUT2D eigenvalue weighted by Gasteiger charge is 2.61. The van der Waals surface area contributed by atoms with E-state index in [2.05, 4.69) is 0 Å². The molecular weight excluding hydrogens is 282 g/mol. The summed E-state index contributed by atoms with van der Waals surface area (Å²) >= 11 is 0. The Bertz CT molecular complexity index is 354. The molecule has 0 aromatic heterocycles. The molecule has 0 aromatic rings. The first-order chi connectivity index (χ1) is 9.83. The summed E-state index contributed by atoms with van der Waals surface area (Å²) in [6.45, 7) is 16.8. The largest absolute Gasteiger partial charge is 0.461 e. The van der Waals surface area contributed by atoms with Crippen molar-refractivity contribution in [3.05, 3.63) is 0 Å². The zero-order valence-electron chi connectivity index (χ0n) is 15.5. The average molecular weight is 312 g/mol. The van der Waals surface area contributed by atoms with Crippen molar-refractivity contribution < 1.29 is 23.4 Å². The molecule has 22 heavy (non-hydrogen) atoms. The Morgan fingerprint density at radius 1 is 0.682 bits per heavy atom. The standard InChI is InChI=1S/C15H30B2O5/c1-12(2)13(3,4)20-16(19-12)11(10-18-9)17-21-14(5,6)15(7,8)22-17/h11H,10H2,1-9H3. The van der Waals surface area contributed by atoms with Crippen molar-refractivity contribution in [2.24, 2.45) is 0 Å². The Morgan fingerprint density at radius 3 is 1.18 bits per heavy atom. The minimum absolute atomic E-state index is 0.146. The molecule has 0 amide bonds. The molecule has 0 spiro atoms. The van der Waals surface area contributed by atoms with E-state index in [9.17, 15) is 0 Å². The number of hydrogen-bond donors (Lipinski definition) is 0. The summed E-state index contributed by atoms with van der Waals surface area (Å²) in [5.41, 5.74) is -1.67. The van der Waals surface area contributed by atoms with Gasteiger partial charge in [-0.3, -0.25) is 0 Å². The summed E-state index contributed by atoms with van der Waals surface area (Å²) in [5.74, 6) is 0. The van der Waals surface area contributed by atoms with Crippen LogP contribution in [0, 0.1) is 0 Å². The Morgan fingerprint density at radius 2 is 0.955 bits per heavy atom. The maximum absolute atomic E-state index is 6.17. The van der Waals surface area contributed by atoms with Crippen molar-refractivity contribution in [1.29, 1.82) is 0 Å². The van der Waals surface area contributed by atoms with Crippen LogP contribution in [0.1, 0.15) is 55.4 Å². The van der Waals surface area contributed by atoms with Crippen LogP contribution >= 0.6 is 0 Å². The molecule has 126 valence electrons. The molecule has 0 bridgehead atoms. The van der Waals surface area contributed by atoms with Crippen LogP contribution in [0.3, 0.4) is 0 Å². The predicted molar refractivity (Wildman–Crippen MR) is 87.8 cm³/mol. The lowest BCUT2D eigenvalue weighted by Crippen LogP contribution is -2.41. The molecule has 0 N–H and O–H groups in total. The van der Waals surface area contributed by atoms with Gasteiger partial charge in [-0.1, -0.05) is 0 Å². The first kappa shape index (κ1) is 18.3. The number of rotatable bonds is 4. The normalized spacial score (nSPS) is 28.6. The summed E-state index contributed by atoms with van der Waals surface area (Å²) in [6.07, 6.45) is 0. The lowest BCUT2D eigenvalue weighted by Gasteiger charge is -2.32. The summed E-state index contributed by atoms with van der Waals surface area (Å²) in [5, 5.41) is 0. The minimum atomic E-state index is -0.417. The average Bonchev–Trinajstić information content (AvgIpc) is 2.65. The summed E-state index contributed by atoms with van der Waals surface area (Å²) in [4.78, 5) is 0. The van der Waals surface area contributed by atoms with Gasteiger partial charge < -0.3 is 23.4 Å². The van der Waals surface area contributed by atoms with Gasteiger partial charge in [0, 0.05) is 13.7 Å². The van der Waals surface area contributed by atoms with Crippen LogP contribution in [-0.4, -0.2) is 50.4 Å². The highest BCUT2D eigenvalue weighted by Crippen LogP contribution is 2.45. The van der Waals surface area contributed by atoms with E-state index in [4.69, 9.17) is 23.4 Å². The Balaban J connectivity index is 2.19. The predicted octanol–water partition coefficient (Wildman–Crippen LogP) is 2.73. The van der Waals surface area contributed by atoms with Crippen molar-refractivity contribution in [3.63, 3.8) is 0 Å². The van der Waals surface area contributed by atoms with Crippen LogP contribution in [0.2, 0.25) is 5.72 Å². The summed E-state index contributed by atoms with van der Waals surface area (Å²) < 4.78 is 30.0. The van der Waals surface area contributed by atoms with Gasteiger partial charge in [-0.15, -0.1) is 0 Å². The third-order valence-corrected chi connectivity index (χ3v) is 5.60. The molecule has 2 aliphatic rings. The van der Waals surface area contributed by atoms with Gasteiger partial charge in [0.15, 0.2) is 0 Å². The highest BCUT2D eigenvalue weighted by atomic mass is 16.7. The zero-order valence-corrected chi connectivity index (χ0v) is 15.5. The fourth-order valence-electron chi connectivity index (χ4n) is 2.60. The van der Waals surface area contributed by atoms with Gasteiger partial charge >= 0.3 is 14.2 Å². The fraction of sp³-hybridized carbons (Fsp3) is 1.00. The third-order valence-electron chi connectivity index (χ3n) is 5.60. The van der Waals surface area contributed by atoms with Crippen molar-refractivity contribution >= 4 is 14.2 Å². The quantitative estimate of drug-likeness (QED) is 0.747. The smallest absolute Gasteiger partial charge is 0.403 e. The van der Waals surface area contributed by atoms with Crippen LogP contribution in [0.5, 0.6) is 0 Å². The van der Waals surface area contributed by atoms with Crippen LogP contribution in [0.15, 0.2) is 0 Å². The van der Waals surface area contributed by atoms with E-state index < -0.39 is 14.2 Å². The van der Waals surface area contributed by atoms with Crippen molar-refractivity contribution in [2.75, 3.05) is 13.7 Å². The van der Waals surface area contributed by atoms with Gasteiger partial charge in [0.25, 0.3) is 0 Å². The van der Waals surface area contributed by atoms with Crippen LogP contribution < -0.4 is 0 Å². The van der Waals surface area contributed by atoms with Crippen molar-refractivity contribution in [2.45, 2.75) is 83.5 Å². The number of hydrogen-bond acceptors (Lipinski definition) is 5. The number of ether oxygens (including phenoxy) is 1. The zero-order chi connectivity index (χ0) is 17.0. The monoisotopic (exact) mass is 312 g/mol. The van der Waals surface area contributed by atoms with E-state index in [-0.39, 0.29) is 28.1 Å². The minimum Gasteiger partial charge on any atom is -0.403 e. The number of methoxy groups -OCH3 is 1. The summed E-state index contributed by atoms with van der Waals surface area (Å²) in [6, 6.07) is 0. The fourth-order valence-corrected chi connectivity index (χ4v) is 2.60. The van der Waals surface area contributed by atoms with Crippen molar-refractivity contribution in [3.8, 4) is 0 Å². The molecule has 0 radical (unpaired) electrons. The van der Waals surface area contributed by atoms with Crippen molar-refractivity contribution in [1.82, 2.24) is 0 Å². The van der Waals surface area contributed by atoms with Crippen LogP contribution in [-0.2, 0) is 23.4 Å². The first-order valence-corrected chi connectivity index (χ1v) is 8.03. The van der Waals surface area contributed by atoms with Crippen LogP contribution in [0.25, 0.3) is 0 Å². The molecule has 7 heteroatoms. The van der Waals surface area contributed by atoms with E-state index in [1.54, 1.807) is 7.11 Å². The molecule has 2 fully saturated rings. The molecule has 0 atom stereocenters. The lowest BCUT2D eigenvalue weighted by atomic mass is 9.52. The second-order valence-corrected chi connectivity index (χ2v) is 8.37. The molecule has 0 aromatic carbocycles. The first-order valence-electron chi connectivity index (χ1n) is 8.03. The molecule has 0 saturated carbocycles. The molecule has 2 heterocycles. The molecule has 5 nitrogen and oxygen atoms in total. The Labute approximate surface area is 135 Å². The van der Waals surface area contributed by atoms with E-state index in [0.29, 0.717) is 6.61 Å². The van der Waals surface area contributed by atoms with Gasteiger partial charge in [0.1, 0.15) is 0 Å². The van der Waals surface area contributed by atoms with Gasteiger partial charge in [-0.2, -0.15) is 0 Å². The topological polar surface area (TPSA) is 46.2 Å². The molecule has 2 rings (SSSR count). The van der Waals surface area contributed by atoms with E-state index in [1.807, 2.05) is 55.4 Å². The van der Waals surface area contributed by atoms with E-state index in [0.717, 1.165) is 0 Å². The molecular formula is C15H30B2O5. The molecule has 2 saturated heterocycles. The van der Waals surface area contributed by atoms with Gasteiger partial charge in [-0.25, -0.2) is 0 Å². The third kappa shape index (κ3) is 2.98. The lowest BCUT2D eigenvalue weighted by molar-refractivity contribution is 0.00578. The SMILES string of the molecule is COCC(B1OC(C)(C)C(C)(C)O1)B1OC(C)(C)C(C)(C)O1. The maximum Gasteiger partial charge on any atom is 0.461 e. The Kier molecular flexibility index (Phi) is 4.56. The Hall–Kier alpha value is -0.0701. The highest BCUT2D eigenvalue weighted by molar-refractivity contribution is 6.68. The van der Waals surface area contributed by atoms with E-state index >= 15 is 0 Å². The molecule has 0 aliphatic carbocycles. The molecule has 2 aliphatic heterocycles. The second kappa shape index (κ2) is 5.49. The maximum atomic E-state index is 6.17. The molecule has 0 unspecified atom stereocenters. The van der Waals surface area contributed by atoms with Gasteiger partial charge in [0.05, 0.1) is 28.1 Å². The summed E-state index contributed by atoms with van der Waals surface area (Å²) in [7, 11) is 0.836. The second-order valence-electron chi connectivity index (χ2n) is 8.37.